The van der Waals surface area contributed by atoms with E-state index >= 15 is 0 Å². The Morgan fingerprint density at radius 1 is 1.21 bits per heavy atom. The Morgan fingerprint density at radius 3 is 2.57 bits per heavy atom. The standard InChI is InChI=1S/C19H15N3O6/c1-3-28-16-9-11(7-8-15(16)27-2)14(10-20)21-18(23)12-5-4-6-13(22(25)26)17(12)19(21)24/h4-9,14H,3H2,1-2H3. The number of rotatable bonds is 6. The number of nitro groups is 1. The maximum Gasteiger partial charge on any atom is 0.282 e. The Labute approximate surface area is 159 Å². The third-order valence-corrected chi connectivity index (χ3v) is 4.30. The quantitative estimate of drug-likeness (QED) is 0.428. The fourth-order valence-electron chi connectivity index (χ4n) is 3.09. The van der Waals surface area contributed by atoms with Gasteiger partial charge in [0.2, 0.25) is 0 Å². The third kappa shape index (κ3) is 2.91. The summed E-state index contributed by atoms with van der Waals surface area (Å²) < 4.78 is 10.7. The van der Waals surface area contributed by atoms with Gasteiger partial charge < -0.3 is 9.47 Å². The number of carbonyl (C=O) groups excluding carboxylic acids is 2. The summed E-state index contributed by atoms with van der Waals surface area (Å²) in [5.41, 5.74) is -0.557. The average molecular weight is 381 g/mol. The first-order chi connectivity index (χ1) is 13.4. The minimum atomic E-state index is -1.28. The van der Waals surface area contributed by atoms with E-state index in [1.165, 1.54) is 31.4 Å². The molecule has 1 heterocycles. The second-order valence-electron chi connectivity index (χ2n) is 5.81. The van der Waals surface area contributed by atoms with Crippen molar-refractivity contribution in [2.24, 2.45) is 0 Å². The van der Waals surface area contributed by atoms with Gasteiger partial charge in [-0.15, -0.1) is 0 Å². The van der Waals surface area contributed by atoms with Crippen LogP contribution in [0.5, 0.6) is 11.5 Å². The van der Waals surface area contributed by atoms with Crippen LogP contribution in [0.3, 0.4) is 0 Å². The number of ether oxygens (including phenoxy) is 2. The summed E-state index contributed by atoms with van der Waals surface area (Å²) >= 11 is 0. The van der Waals surface area contributed by atoms with Crippen molar-refractivity contribution in [3.63, 3.8) is 0 Å². The summed E-state index contributed by atoms with van der Waals surface area (Å²) in [6.45, 7) is 2.12. The van der Waals surface area contributed by atoms with E-state index in [1.807, 2.05) is 6.07 Å². The number of fused-ring (bicyclic) bond motifs is 1. The number of nitro benzene ring substituents is 1. The van der Waals surface area contributed by atoms with Crippen molar-refractivity contribution in [1.29, 1.82) is 5.26 Å². The lowest BCUT2D eigenvalue weighted by Gasteiger charge is -2.21. The van der Waals surface area contributed by atoms with Gasteiger partial charge in [0, 0.05) is 6.07 Å². The minimum Gasteiger partial charge on any atom is -0.493 e. The van der Waals surface area contributed by atoms with Gasteiger partial charge in [0.25, 0.3) is 17.5 Å². The summed E-state index contributed by atoms with van der Waals surface area (Å²) in [7, 11) is 1.46. The lowest BCUT2D eigenvalue weighted by molar-refractivity contribution is -0.385. The van der Waals surface area contributed by atoms with E-state index in [-0.39, 0.29) is 11.1 Å². The highest BCUT2D eigenvalue weighted by Crippen LogP contribution is 2.38. The van der Waals surface area contributed by atoms with Crippen LogP contribution >= 0.6 is 0 Å². The molecule has 0 aliphatic carbocycles. The summed E-state index contributed by atoms with van der Waals surface area (Å²) in [4.78, 5) is 36.8. The van der Waals surface area contributed by atoms with Crippen molar-refractivity contribution in [2.75, 3.05) is 13.7 Å². The summed E-state index contributed by atoms with van der Waals surface area (Å²) in [6, 6.07) is 9.06. The maximum atomic E-state index is 12.8. The molecular formula is C19H15N3O6. The van der Waals surface area contributed by atoms with Crippen LogP contribution in [-0.4, -0.2) is 35.4 Å². The molecule has 2 aromatic carbocycles. The number of nitrogens with zero attached hydrogens (tertiary/aromatic N) is 3. The van der Waals surface area contributed by atoms with E-state index in [0.29, 0.717) is 23.7 Å². The first-order valence-corrected chi connectivity index (χ1v) is 8.30. The number of amides is 2. The molecule has 0 spiro atoms. The normalized spacial score (nSPS) is 13.7. The van der Waals surface area contributed by atoms with Crippen molar-refractivity contribution >= 4 is 17.5 Å². The predicted octanol–water partition coefficient (Wildman–Crippen LogP) is 2.86. The molecule has 0 radical (unpaired) electrons. The molecule has 142 valence electrons. The molecule has 1 aliphatic heterocycles. The Kier molecular flexibility index (Phi) is 4.96. The molecule has 9 heteroatoms. The highest BCUT2D eigenvalue weighted by molar-refractivity contribution is 6.23. The fraction of sp³-hybridized carbons (Fsp3) is 0.211. The lowest BCUT2D eigenvalue weighted by atomic mass is 10.1. The molecule has 9 nitrogen and oxygen atoms in total. The van der Waals surface area contributed by atoms with Gasteiger partial charge in [-0.25, -0.2) is 0 Å². The topological polar surface area (TPSA) is 123 Å². The highest BCUT2D eigenvalue weighted by atomic mass is 16.6. The molecule has 0 bridgehead atoms. The smallest absolute Gasteiger partial charge is 0.282 e. The van der Waals surface area contributed by atoms with E-state index in [1.54, 1.807) is 13.0 Å². The van der Waals surface area contributed by atoms with Crippen LogP contribution in [0.2, 0.25) is 0 Å². The van der Waals surface area contributed by atoms with Crippen LogP contribution < -0.4 is 9.47 Å². The van der Waals surface area contributed by atoms with Gasteiger partial charge in [0.1, 0.15) is 5.56 Å². The molecule has 1 aliphatic rings. The van der Waals surface area contributed by atoms with E-state index in [0.717, 1.165) is 11.0 Å². The molecule has 0 fully saturated rings. The molecule has 28 heavy (non-hydrogen) atoms. The van der Waals surface area contributed by atoms with Gasteiger partial charge in [-0.2, -0.15) is 5.26 Å². The molecule has 2 aromatic rings. The molecule has 3 rings (SSSR count). The average Bonchev–Trinajstić information content (AvgIpc) is 2.94. The van der Waals surface area contributed by atoms with Crippen LogP contribution in [0.25, 0.3) is 0 Å². The van der Waals surface area contributed by atoms with E-state index in [9.17, 15) is 25.0 Å². The van der Waals surface area contributed by atoms with Crippen molar-refractivity contribution in [3.05, 3.63) is 63.2 Å². The summed E-state index contributed by atoms with van der Waals surface area (Å²) in [6.07, 6.45) is 0. The molecular weight excluding hydrogens is 366 g/mol. The lowest BCUT2D eigenvalue weighted by Crippen LogP contribution is -2.33. The van der Waals surface area contributed by atoms with Crippen LogP contribution in [0.1, 0.15) is 39.2 Å². The van der Waals surface area contributed by atoms with Crippen LogP contribution in [-0.2, 0) is 0 Å². The van der Waals surface area contributed by atoms with Crippen molar-refractivity contribution in [3.8, 4) is 17.6 Å². The van der Waals surface area contributed by atoms with Crippen molar-refractivity contribution in [1.82, 2.24) is 4.90 Å². The Hall–Kier alpha value is -3.93. The van der Waals surface area contributed by atoms with Gasteiger partial charge in [-0.1, -0.05) is 12.1 Å². The number of carbonyl (C=O) groups is 2. The van der Waals surface area contributed by atoms with Crippen molar-refractivity contribution < 1.29 is 24.0 Å². The van der Waals surface area contributed by atoms with Crippen molar-refractivity contribution in [2.45, 2.75) is 13.0 Å². The molecule has 1 unspecified atom stereocenters. The second-order valence-corrected chi connectivity index (χ2v) is 5.81. The third-order valence-electron chi connectivity index (χ3n) is 4.30. The molecule has 2 amide bonds. The van der Waals surface area contributed by atoms with Gasteiger partial charge in [0.15, 0.2) is 17.5 Å². The van der Waals surface area contributed by atoms with E-state index in [4.69, 9.17) is 9.47 Å². The number of hydrogen-bond donors (Lipinski definition) is 0. The SMILES string of the molecule is CCOc1cc(C(C#N)N2C(=O)c3cccc([N+](=O)[O-])c3C2=O)ccc1OC. The zero-order valence-corrected chi connectivity index (χ0v) is 15.0. The van der Waals surface area contributed by atoms with Crippen LogP contribution in [0.4, 0.5) is 5.69 Å². The van der Waals surface area contributed by atoms with Crippen LogP contribution in [0, 0.1) is 21.4 Å². The predicted molar refractivity (Wildman–Crippen MR) is 96.1 cm³/mol. The first kappa shape index (κ1) is 18.8. The minimum absolute atomic E-state index is 0.0991. The Bertz CT molecular complexity index is 1030. The molecule has 0 saturated heterocycles. The molecule has 0 saturated carbocycles. The second kappa shape index (κ2) is 7.36. The van der Waals surface area contributed by atoms with Gasteiger partial charge >= 0.3 is 0 Å². The van der Waals surface area contributed by atoms with Gasteiger partial charge in [-0.05, 0) is 30.7 Å². The number of hydrogen-bond acceptors (Lipinski definition) is 7. The van der Waals surface area contributed by atoms with Gasteiger partial charge in [-0.3, -0.25) is 24.6 Å². The monoisotopic (exact) mass is 381 g/mol. The number of imide groups is 1. The molecule has 0 aromatic heterocycles. The van der Waals surface area contributed by atoms with E-state index < -0.39 is 28.5 Å². The molecule has 0 N–H and O–H groups in total. The Morgan fingerprint density at radius 2 is 1.96 bits per heavy atom. The number of methoxy groups -OCH3 is 1. The first-order valence-electron chi connectivity index (χ1n) is 8.30. The Balaban J connectivity index is 2.08. The number of benzene rings is 2. The van der Waals surface area contributed by atoms with Gasteiger partial charge in [0.05, 0.1) is 30.3 Å². The zero-order valence-electron chi connectivity index (χ0n) is 15.0. The summed E-state index contributed by atoms with van der Waals surface area (Å²) in [5, 5.41) is 20.9. The zero-order chi connectivity index (χ0) is 20.4. The number of nitriles is 1. The van der Waals surface area contributed by atoms with Crippen LogP contribution in [0.15, 0.2) is 36.4 Å². The fourth-order valence-corrected chi connectivity index (χ4v) is 3.09. The van der Waals surface area contributed by atoms with E-state index in [2.05, 4.69) is 0 Å². The maximum absolute atomic E-state index is 12.8. The largest absolute Gasteiger partial charge is 0.493 e. The highest BCUT2D eigenvalue weighted by Gasteiger charge is 2.45. The molecule has 1 atom stereocenters. The summed E-state index contributed by atoms with van der Waals surface area (Å²) in [5.74, 6) is -0.859.